The second kappa shape index (κ2) is 8.25. The third-order valence-electron chi connectivity index (χ3n) is 4.39. The second-order valence-corrected chi connectivity index (χ2v) is 5.77. The van der Waals surface area contributed by atoms with Gasteiger partial charge in [-0.05, 0) is 38.1 Å². The fourth-order valence-electron chi connectivity index (χ4n) is 3.03. The predicted molar refractivity (Wildman–Crippen MR) is 86.1 cm³/mol. The van der Waals surface area contributed by atoms with Crippen LogP contribution in [0.25, 0.3) is 0 Å². The first-order chi connectivity index (χ1) is 10.2. The molecule has 0 heterocycles. The van der Waals surface area contributed by atoms with Crippen molar-refractivity contribution in [1.82, 2.24) is 10.2 Å². The Morgan fingerprint density at radius 3 is 2.62 bits per heavy atom. The van der Waals surface area contributed by atoms with Gasteiger partial charge in [-0.2, -0.15) is 0 Å². The van der Waals surface area contributed by atoms with Crippen molar-refractivity contribution in [3.63, 3.8) is 0 Å². The molecule has 0 atom stereocenters. The summed E-state index contributed by atoms with van der Waals surface area (Å²) < 4.78 is 10.7. The van der Waals surface area contributed by atoms with Gasteiger partial charge in [0.05, 0.1) is 14.2 Å². The highest BCUT2D eigenvalue weighted by Crippen LogP contribution is 2.24. The van der Waals surface area contributed by atoms with Crippen LogP contribution in [0.2, 0.25) is 0 Å². The summed E-state index contributed by atoms with van der Waals surface area (Å²) in [5.74, 6) is 1.78. The van der Waals surface area contributed by atoms with E-state index in [-0.39, 0.29) is 0 Å². The molecule has 118 valence electrons. The van der Waals surface area contributed by atoms with Gasteiger partial charge in [0.25, 0.3) is 0 Å². The Bertz CT molecular complexity index is 431. The van der Waals surface area contributed by atoms with Crippen molar-refractivity contribution < 1.29 is 9.47 Å². The maximum atomic E-state index is 5.40. The van der Waals surface area contributed by atoms with Crippen LogP contribution in [-0.4, -0.2) is 45.3 Å². The number of hydrogen-bond donors (Lipinski definition) is 1. The van der Waals surface area contributed by atoms with E-state index in [2.05, 4.69) is 17.3 Å². The average Bonchev–Trinajstić information content (AvgIpc) is 3.05. The Kier molecular flexibility index (Phi) is 6.33. The number of nitrogens with one attached hydrogen (secondary N) is 1. The van der Waals surface area contributed by atoms with Crippen LogP contribution >= 0.6 is 0 Å². The molecular formula is C17H28N2O2. The lowest BCUT2D eigenvalue weighted by molar-refractivity contribution is 0.245. The summed E-state index contributed by atoms with van der Waals surface area (Å²) >= 11 is 0. The maximum absolute atomic E-state index is 5.40. The van der Waals surface area contributed by atoms with Gasteiger partial charge in [0, 0.05) is 31.2 Å². The molecule has 1 saturated carbocycles. The van der Waals surface area contributed by atoms with Gasteiger partial charge in [0.15, 0.2) is 0 Å². The molecule has 21 heavy (non-hydrogen) atoms. The van der Waals surface area contributed by atoms with E-state index >= 15 is 0 Å². The van der Waals surface area contributed by atoms with Gasteiger partial charge in [-0.25, -0.2) is 0 Å². The Labute approximate surface area is 128 Å². The molecule has 1 fully saturated rings. The van der Waals surface area contributed by atoms with Gasteiger partial charge in [-0.1, -0.05) is 12.8 Å². The smallest absolute Gasteiger partial charge is 0.123 e. The number of likely N-dealkylation sites (N-methyl/N-ethyl adjacent to an activating group) is 1. The standard InChI is InChI=1S/C17H28N2O2/c1-19(15-6-4-5-7-15)11-10-18-13-14-12-16(20-2)8-9-17(14)21-3/h8-9,12,15,18H,4-7,10-11,13H2,1-3H3. The zero-order valence-electron chi connectivity index (χ0n) is 13.5. The molecule has 0 aliphatic heterocycles. The lowest BCUT2D eigenvalue weighted by Gasteiger charge is -2.24. The van der Waals surface area contributed by atoms with E-state index in [1.165, 1.54) is 25.7 Å². The molecule has 1 aliphatic carbocycles. The van der Waals surface area contributed by atoms with E-state index in [0.717, 1.165) is 42.7 Å². The molecule has 0 bridgehead atoms. The van der Waals surface area contributed by atoms with Gasteiger partial charge in [-0.15, -0.1) is 0 Å². The zero-order chi connectivity index (χ0) is 15.1. The lowest BCUT2D eigenvalue weighted by Crippen LogP contribution is -2.35. The Morgan fingerprint density at radius 1 is 1.19 bits per heavy atom. The quantitative estimate of drug-likeness (QED) is 0.747. The molecule has 1 aromatic rings. The summed E-state index contributed by atoms with van der Waals surface area (Å²) in [6.45, 7) is 2.89. The molecule has 4 heteroatoms. The summed E-state index contributed by atoms with van der Waals surface area (Å²) in [6.07, 6.45) is 5.51. The predicted octanol–water partition coefficient (Wildman–Crippen LogP) is 2.67. The van der Waals surface area contributed by atoms with Gasteiger partial charge < -0.3 is 19.7 Å². The number of hydrogen-bond acceptors (Lipinski definition) is 4. The topological polar surface area (TPSA) is 33.7 Å². The van der Waals surface area contributed by atoms with Crippen molar-refractivity contribution >= 4 is 0 Å². The Hall–Kier alpha value is -1.26. The molecule has 0 spiro atoms. The number of ether oxygens (including phenoxy) is 2. The molecule has 0 unspecified atom stereocenters. The molecular weight excluding hydrogens is 264 g/mol. The van der Waals surface area contributed by atoms with Gasteiger partial charge in [0.2, 0.25) is 0 Å². The molecule has 2 rings (SSSR count). The average molecular weight is 292 g/mol. The molecule has 1 aliphatic rings. The summed E-state index contributed by atoms with van der Waals surface area (Å²) in [7, 11) is 5.64. The van der Waals surface area contributed by atoms with Crippen LogP contribution < -0.4 is 14.8 Å². The molecule has 4 nitrogen and oxygen atoms in total. The van der Waals surface area contributed by atoms with Crippen LogP contribution in [0.5, 0.6) is 11.5 Å². The van der Waals surface area contributed by atoms with E-state index in [0.29, 0.717) is 0 Å². The summed E-state index contributed by atoms with van der Waals surface area (Å²) in [5.41, 5.74) is 1.14. The number of nitrogens with zero attached hydrogens (tertiary/aromatic N) is 1. The Morgan fingerprint density at radius 2 is 1.95 bits per heavy atom. The van der Waals surface area contributed by atoms with Crippen molar-refractivity contribution in [3.05, 3.63) is 23.8 Å². The first-order valence-electron chi connectivity index (χ1n) is 7.86. The number of benzene rings is 1. The van der Waals surface area contributed by atoms with E-state index < -0.39 is 0 Å². The van der Waals surface area contributed by atoms with Gasteiger partial charge >= 0.3 is 0 Å². The van der Waals surface area contributed by atoms with E-state index in [1.54, 1.807) is 14.2 Å². The molecule has 0 aromatic heterocycles. The highest BCUT2D eigenvalue weighted by molar-refractivity contribution is 5.40. The van der Waals surface area contributed by atoms with Crippen LogP contribution in [0.1, 0.15) is 31.2 Å². The minimum atomic E-state index is 0.790. The van der Waals surface area contributed by atoms with Crippen molar-refractivity contribution in [1.29, 1.82) is 0 Å². The monoisotopic (exact) mass is 292 g/mol. The minimum absolute atomic E-state index is 0.790. The van der Waals surface area contributed by atoms with E-state index in [4.69, 9.17) is 9.47 Å². The summed E-state index contributed by atoms with van der Waals surface area (Å²) in [5, 5.41) is 3.50. The maximum Gasteiger partial charge on any atom is 0.123 e. The molecule has 1 aromatic carbocycles. The first kappa shape index (κ1) is 16.1. The minimum Gasteiger partial charge on any atom is -0.497 e. The lowest BCUT2D eigenvalue weighted by atomic mass is 10.2. The third kappa shape index (κ3) is 4.61. The summed E-state index contributed by atoms with van der Waals surface area (Å²) in [4.78, 5) is 2.49. The largest absolute Gasteiger partial charge is 0.497 e. The van der Waals surface area contributed by atoms with Crippen molar-refractivity contribution in [2.75, 3.05) is 34.4 Å². The molecule has 0 amide bonds. The fourth-order valence-corrected chi connectivity index (χ4v) is 3.03. The van der Waals surface area contributed by atoms with Crippen LogP contribution in [0.15, 0.2) is 18.2 Å². The van der Waals surface area contributed by atoms with Crippen molar-refractivity contribution in [2.24, 2.45) is 0 Å². The third-order valence-corrected chi connectivity index (χ3v) is 4.39. The van der Waals surface area contributed by atoms with Crippen LogP contribution in [0.4, 0.5) is 0 Å². The highest BCUT2D eigenvalue weighted by atomic mass is 16.5. The first-order valence-corrected chi connectivity index (χ1v) is 7.86. The van der Waals surface area contributed by atoms with E-state index in [9.17, 15) is 0 Å². The normalized spacial score (nSPS) is 15.6. The van der Waals surface area contributed by atoms with Crippen LogP contribution in [0.3, 0.4) is 0 Å². The van der Waals surface area contributed by atoms with Gasteiger partial charge in [-0.3, -0.25) is 0 Å². The highest BCUT2D eigenvalue weighted by Gasteiger charge is 2.18. The number of methoxy groups -OCH3 is 2. The zero-order valence-corrected chi connectivity index (χ0v) is 13.5. The van der Waals surface area contributed by atoms with E-state index in [1.807, 2.05) is 18.2 Å². The van der Waals surface area contributed by atoms with Crippen LogP contribution in [-0.2, 0) is 6.54 Å². The summed E-state index contributed by atoms with van der Waals surface area (Å²) in [6, 6.07) is 6.71. The van der Waals surface area contributed by atoms with Crippen molar-refractivity contribution in [3.8, 4) is 11.5 Å². The fraction of sp³-hybridized carbons (Fsp3) is 0.647. The van der Waals surface area contributed by atoms with Gasteiger partial charge in [0.1, 0.15) is 11.5 Å². The Balaban J connectivity index is 1.77. The van der Waals surface area contributed by atoms with Crippen LogP contribution in [0, 0.1) is 0 Å². The number of rotatable bonds is 8. The SMILES string of the molecule is COc1ccc(OC)c(CNCCN(C)C2CCCC2)c1. The molecule has 1 N–H and O–H groups in total. The molecule has 0 radical (unpaired) electrons. The second-order valence-electron chi connectivity index (χ2n) is 5.77. The molecule has 0 saturated heterocycles. The van der Waals surface area contributed by atoms with Crippen molar-refractivity contribution in [2.45, 2.75) is 38.3 Å².